The molecule has 0 aromatic heterocycles. The van der Waals surface area contributed by atoms with Gasteiger partial charge in [0, 0.05) is 24.2 Å². The van der Waals surface area contributed by atoms with E-state index in [0.29, 0.717) is 26.1 Å². The van der Waals surface area contributed by atoms with Crippen molar-refractivity contribution in [2.45, 2.75) is 83.5 Å². The topological polar surface area (TPSA) is 97.1 Å². The van der Waals surface area contributed by atoms with Crippen molar-refractivity contribution in [1.82, 2.24) is 0 Å². The molecule has 1 saturated heterocycles. The molecule has 0 radical (unpaired) electrons. The molecule has 2 rings (SSSR count). The fourth-order valence-corrected chi connectivity index (χ4v) is 3.58. The Morgan fingerprint density at radius 2 is 2.00 bits per heavy atom. The Kier molecular flexibility index (Phi) is 10.3. The fourth-order valence-electron chi connectivity index (χ4n) is 3.58. The summed E-state index contributed by atoms with van der Waals surface area (Å²) in [5, 5.41) is 11.2. The van der Waals surface area contributed by atoms with Gasteiger partial charge in [-0.3, -0.25) is 10.1 Å². The number of hydrogen-bond acceptors (Lipinski definition) is 7. The van der Waals surface area contributed by atoms with Gasteiger partial charge >= 0.3 is 12.0 Å². The van der Waals surface area contributed by atoms with E-state index in [1.165, 1.54) is 0 Å². The summed E-state index contributed by atoms with van der Waals surface area (Å²) in [4.78, 5) is 22.4. The van der Waals surface area contributed by atoms with Crippen LogP contribution in [0.3, 0.4) is 0 Å². The summed E-state index contributed by atoms with van der Waals surface area (Å²) >= 11 is 0. The van der Waals surface area contributed by atoms with Gasteiger partial charge in [0.25, 0.3) is 0 Å². The molecule has 1 heterocycles. The smallest absolute Gasteiger partial charge is 0.381 e. The highest BCUT2D eigenvalue weighted by Gasteiger charge is 2.33. The largest absolute Gasteiger partial charge is 0.461 e. The summed E-state index contributed by atoms with van der Waals surface area (Å²) in [7, 11) is 0. The minimum atomic E-state index is -1.42. The van der Waals surface area contributed by atoms with E-state index in [0.717, 1.165) is 5.56 Å². The highest BCUT2D eigenvalue weighted by molar-refractivity contribution is 5.74. The van der Waals surface area contributed by atoms with Gasteiger partial charge in [0.15, 0.2) is 0 Å². The number of rotatable bonds is 11. The highest BCUT2D eigenvalue weighted by Crippen LogP contribution is 2.27. The molecule has 178 valence electrons. The van der Waals surface area contributed by atoms with Crippen molar-refractivity contribution in [3.63, 3.8) is 0 Å². The summed E-state index contributed by atoms with van der Waals surface area (Å²) < 4.78 is 23.0. The highest BCUT2D eigenvalue weighted by atomic mass is 16.6. The van der Waals surface area contributed by atoms with Crippen molar-refractivity contribution in [2.75, 3.05) is 13.2 Å². The zero-order chi connectivity index (χ0) is 23.6. The van der Waals surface area contributed by atoms with Gasteiger partial charge in [0.2, 0.25) is 0 Å². The molecule has 0 amide bonds. The van der Waals surface area contributed by atoms with Crippen molar-refractivity contribution < 1.29 is 28.7 Å². The van der Waals surface area contributed by atoms with Gasteiger partial charge in [0.1, 0.15) is 0 Å². The van der Waals surface area contributed by atoms with E-state index in [1.54, 1.807) is 19.1 Å². The van der Waals surface area contributed by atoms with Gasteiger partial charge in [-0.05, 0) is 33.3 Å². The lowest BCUT2D eigenvalue weighted by Gasteiger charge is -2.37. The Morgan fingerprint density at radius 1 is 1.28 bits per heavy atom. The molecule has 1 aliphatic rings. The van der Waals surface area contributed by atoms with Crippen LogP contribution in [-0.2, 0) is 30.3 Å². The minimum Gasteiger partial charge on any atom is -0.461 e. The van der Waals surface area contributed by atoms with Crippen LogP contribution in [0, 0.1) is 10.1 Å². The lowest BCUT2D eigenvalue weighted by Crippen LogP contribution is -2.41. The van der Waals surface area contributed by atoms with Crippen molar-refractivity contribution in [3.05, 3.63) is 58.2 Å². The Bertz CT molecular complexity index is 744. The molecule has 1 unspecified atom stereocenters. The predicted octanol–water partition coefficient (Wildman–Crippen LogP) is 4.09. The Hall–Kier alpha value is -2.29. The lowest BCUT2D eigenvalue weighted by atomic mass is 9.99. The predicted molar refractivity (Wildman–Crippen MR) is 120 cm³/mol. The van der Waals surface area contributed by atoms with Crippen LogP contribution in [0.1, 0.15) is 52.5 Å². The average molecular weight is 450 g/mol. The van der Waals surface area contributed by atoms with E-state index in [4.69, 9.17) is 18.9 Å². The third-order valence-electron chi connectivity index (χ3n) is 4.85. The van der Waals surface area contributed by atoms with Crippen LogP contribution >= 0.6 is 0 Å². The van der Waals surface area contributed by atoms with E-state index < -0.39 is 16.9 Å². The molecule has 1 aromatic carbocycles. The van der Waals surface area contributed by atoms with E-state index in [-0.39, 0.29) is 36.9 Å². The number of carbonyl (C=O) groups is 1. The molecule has 0 saturated carbocycles. The maximum Gasteiger partial charge on any atom is 0.381 e. The lowest BCUT2D eigenvalue weighted by molar-refractivity contribution is -0.509. The SMILES string of the molecule is CCOC(=O)C(C/C=C/[C@H]1C[C@@H](OC(C)(C)C)C[C@@H](COCc2ccccc2)O1)[N+](=O)[O-]. The summed E-state index contributed by atoms with van der Waals surface area (Å²) in [6, 6.07) is 8.50. The van der Waals surface area contributed by atoms with Gasteiger partial charge in [-0.15, -0.1) is 0 Å². The molecule has 0 N–H and O–H groups in total. The number of esters is 1. The second kappa shape index (κ2) is 12.7. The van der Waals surface area contributed by atoms with Gasteiger partial charge in [-0.1, -0.05) is 42.5 Å². The first kappa shape index (κ1) is 26.0. The van der Waals surface area contributed by atoms with Crippen molar-refractivity contribution in [1.29, 1.82) is 0 Å². The average Bonchev–Trinajstić information content (AvgIpc) is 2.70. The number of hydrogen-bond donors (Lipinski definition) is 0. The quantitative estimate of drug-likeness (QED) is 0.217. The van der Waals surface area contributed by atoms with Crippen LogP contribution in [0.5, 0.6) is 0 Å². The van der Waals surface area contributed by atoms with E-state index in [2.05, 4.69) is 0 Å². The van der Waals surface area contributed by atoms with Crippen LogP contribution in [0.2, 0.25) is 0 Å². The number of nitrogens with zero attached hydrogens (tertiary/aromatic N) is 1. The number of benzene rings is 1. The molecule has 1 aliphatic heterocycles. The van der Waals surface area contributed by atoms with Gasteiger partial charge in [0.05, 0.1) is 43.7 Å². The summed E-state index contributed by atoms with van der Waals surface area (Å²) in [5.41, 5.74) is 0.791. The molecule has 8 heteroatoms. The standard InChI is InChI=1S/C24H35NO7/c1-5-30-23(26)22(25(27)28)13-9-12-19-14-20(32-24(2,3)4)15-21(31-19)17-29-16-18-10-7-6-8-11-18/h6-12,19-22H,5,13-17H2,1-4H3/b12-9+/t19-,20+,21-,22?/m0/s1. The van der Waals surface area contributed by atoms with E-state index in [9.17, 15) is 14.9 Å². The molecule has 32 heavy (non-hydrogen) atoms. The second-order valence-electron chi connectivity index (χ2n) is 8.84. The van der Waals surface area contributed by atoms with Crippen LogP contribution in [-0.4, -0.2) is 54.1 Å². The van der Waals surface area contributed by atoms with Crippen molar-refractivity contribution in [3.8, 4) is 0 Å². The molecular weight excluding hydrogens is 414 g/mol. The molecule has 0 spiro atoms. The number of ether oxygens (including phenoxy) is 4. The summed E-state index contributed by atoms with van der Waals surface area (Å²) in [6.07, 6.45) is 4.21. The second-order valence-corrected chi connectivity index (χ2v) is 8.84. The van der Waals surface area contributed by atoms with Crippen molar-refractivity contribution >= 4 is 5.97 Å². The van der Waals surface area contributed by atoms with Crippen LogP contribution in [0.15, 0.2) is 42.5 Å². The third kappa shape index (κ3) is 9.46. The Labute approximate surface area is 190 Å². The minimum absolute atomic E-state index is 0.0277. The zero-order valence-electron chi connectivity index (χ0n) is 19.4. The summed E-state index contributed by atoms with van der Waals surface area (Å²) in [5.74, 6) is -0.826. The molecule has 0 bridgehead atoms. The maximum atomic E-state index is 11.8. The fraction of sp³-hybridized carbons (Fsp3) is 0.625. The summed E-state index contributed by atoms with van der Waals surface area (Å²) in [6.45, 7) is 8.67. The molecule has 1 fully saturated rings. The Balaban J connectivity index is 1.96. The zero-order valence-corrected chi connectivity index (χ0v) is 19.4. The first-order valence-electron chi connectivity index (χ1n) is 11.1. The first-order valence-corrected chi connectivity index (χ1v) is 11.1. The normalized spacial score (nSPS) is 22.6. The van der Waals surface area contributed by atoms with Gasteiger partial charge < -0.3 is 18.9 Å². The van der Waals surface area contributed by atoms with Crippen molar-refractivity contribution in [2.24, 2.45) is 0 Å². The third-order valence-corrected chi connectivity index (χ3v) is 4.85. The van der Waals surface area contributed by atoms with Gasteiger partial charge in [-0.25, -0.2) is 4.79 Å². The monoisotopic (exact) mass is 449 g/mol. The Morgan fingerprint density at radius 3 is 2.62 bits per heavy atom. The molecular formula is C24H35NO7. The number of nitro groups is 1. The van der Waals surface area contributed by atoms with Crippen LogP contribution in [0.4, 0.5) is 0 Å². The van der Waals surface area contributed by atoms with Gasteiger partial charge in [-0.2, -0.15) is 0 Å². The first-order chi connectivity index (χ1) is 15.2. The molecule has 4 atom stereocenters. The molecule has 0 aliphatic carbocycles. The van der Waals surface area contributed by atoms with Crippen LogP contribution in [0.25, 0.3) is 0 Å². The van der Waals surface area contributed by atoms with E-state index >= 15 is 0 Å². The van der Waals surface area contributed by atoms with Crippen LogP contribution < -0.4 is 0 Å². The van der Waals surface area contributed by atoms with E-state index in [1.807, 2.05) is 51.1 Å². The molecule has 8 nitrogen and oxygen atoms in total. The molecule has 1 aromatic rings. The maximum absolute atomic E-state index is 11.8. The number of carbonyl (C=O) groups excluding carboxylic acids is 1.